The number of hydrogen-bond donors (Lipinski definition) is 0. The van der Waals surface area contributed by atoms with Crippen LogP contribution in [0.5, 0.6) is 5.75 Å². The van der Waals surface area contributed by atoms with Gasteiger partial charge in [0.2, 0.25) is 0 Å². The highest BCUT2D eigenvalue weighted by molar-refractivity contribution is 5.65. The van der Waals surface area contributed by atoms with Crippen molar-refractivity contribution in [2.24, 2.45) is 0 Å². The van der Waals surface area contributed by atoms with Crippen LogP contribution in [0.4, 0.5) is 0 Å². The minimum atomic E-state index is -0.297. The van der Waals surface area contributed by atoms with Crippen molar-refractivity contribution < 1.29 is 14.3 Å². The molecule has 0 aliphatic heterocycles. The van der Waals surface area contributed by atoms with Crippen molar-refractivity contribution in [1.29, 1.82) is 0 Å². The maximum Gasteiger partial charge on any atom is 0.302 e. The molecule has 0 heterocycles. The summed E-state index contributed by atoms with van der Waals surface area (Å²) in [7, 11) is 0. The number of carbonyl (C=O) groups excluding carboxylic acids is 1. The number of ether oxygens (including phenoxy) is 2. The van der Waals surface area contributed by atoms with Crippen molar-refractivity contribution in [2.45, 2.75) is 6.92 Å². The van der Waals surface area contributed by atoms with Gasteiger partial charge < -0.3 is 9.47 Å². The van der Waals surface area contributed by atoms with Gasteiger partial charge in [0.15, 0.2) is 0 Å². The Balaban J connectivity index is 2.24. The third-order valence-electron chi connectivity index (χ3n) is 1.43. The molecule has 0 saturated heterocycles. The molecule has 0 bridgehead atoms. The largest absolute Gasteiger partial charge is 0.465 e. The Kier molecular flexibility index (Phi) is 4.27. The fourth-order valence-corrected chi connectivity index (χ4v) is 0.830. The van der Waals surface area contributed by atoms with E-state index < -0.39 is 0 Å². The van der Waals surface area contributed by atoms with Gasteiger partial charge in [-0.3, -0.25) is 4.79 Å². The lowest BCUT2D eigenvalue weighted by atomic mass is 10.3. The topological polar surface area (TPSA) is 35.5 Å². The van der Waals surface area contributed by atoms with Crippen LogP contribution in [0.3, 0.4) is 0 Å². The summed E-state index contributed by atoms with van der Waals surface area (Å²) < 4.78 is 9.89. The summed E-state index contributed by atoms with van der Waals surface area (Å²) in [5, 5.41) is 0. The van der Waals surface area contributed by atoms with E-state index in [0.717, 1.165) is 5.75 Å². The summed E-state index contributed by atoms with van der Waals surface area (Å²) in [6.45, 7) is 1.61. The van der Waals surface area contributed by atoms with E-state index >= 15 is 0 Å². The van der Waals surface area contributed by atoms with Crippen LogP contribution >= 0.6 is 0 Å². The molecule has 1 rings (SSSR count). The number of esters is 1. The molecule has 0 aliphatic carbocycles. The van der Waals surface area contributed by atoms with Crippen molar-refractivity contribution >= 4 is 5.97 Å². The summed E-state index contributed by atoms with van der Waals surface area (Å²) in [5.41, 5.74) is 0. The summed E-state index contributed by atoms with van der Waals surface area (Å²) in [4.78, 5) is 10.4. The number of para-hydroxylation sites is 1. The molecule has 3 nitrogen and oxygen atoms in total. The van der Waals surface area contributed by atoms with Crippen molar-refractivity contribution in [2.75, 3.05) is 6.61 Å². The number of carbonyl (C=O) groups is 1. The number of benzene rings is 1. The van der Waals surface area contributed by atoms with Gasteiger partial charge in [0.05, 0.1) is 6.26 Å². The summed E-state index contributed by atoms with van der Waals surface area (Å²) in [6, 6.07) is 9.37. The molecule has 0 amide bonds. The third-order valence-corrected chi connectivity index (χ3v) is 1.43. The van der Waals surface area contributed by atoms with Crippen molar-refractivity contribution in [3.8, 4) is 5.75 Å². The lowest BCUT2D eigenvalue weighted by Crippen LogP contribution is -1.97. The molecule has 0 spiro atoms. The van der Waals surface area contributed by atoms with Crippen molar-refractivity contribution in [1.82, 2.24) is 0 Å². The predicted molar refractivity (Wildman–Crippen MR) is 52.8 cm³/mol. The molecule has 14 heavy (non-hydrogen) atoms. The van der Waals surface area contributed by atoms with Crippen LogP contribution in [0.25, 0.3) is 0 Å². The van der Waals surface area contributed by atoms with Crippen LogP contribution in [-0.4, -0.2) is 12.6 Å². The van der Waals surface area contributed by atoms with Crippen LogP contribution < -0.4 is 4.74 Å². The fraction of sp³-hybridized carbons (Fsp3) is 0.182. The van der Waals surface area contributed by atoms with E-state index in [4.69, 9.17) is 4.74 Å². The normalized spacial score (nSPS) is 10.1. The molecule has 1 aromatic rings. The first kappa shape index (κ1) is 10.3. The van der Waals surface area contributed by atoms with Crippen molar-refractivity contribution in [3.63, 3.8) is 0 Å². The first-order valence-corrected chi connectivity index (χ1v) is 4.29. The maximum absolute atomic E-state index is 10.4. The molecule has 0 saturated carbocycles. The molecule has 0 radical (unpaired) electrons. The second kappa shape index (κ2) is 5.80. The summed E-state index contributed by atoms with van der Waals surface area (Å²) in [6.07, 6.45) is 3.13. The smallest absolute Gasteiger partial charge is 0.302 e. The highest BCUT2D eigenvalue weighted by Crippen LogP contribution is 2.07. The van der Waals surface area contributed by atoms with E-state index in [0.29, 0.717) is 0 Å². The van der Waals surface area contributed by atoms with Gasteiger partial charge in [0.1, 0.15) is 12.4 Å². The van der Waals surface area contributed by atoms with E-state index in [1.165, 1.54) is 13.2 Å². The maximum atomic E-state index is 10.4. The average molecular weight is 192 g/mol. The second-order valence-electron chi connectivity index (χ2n) is 2.61. The minimum absolute atomic E-state index is 0.238. The SMILES string of the molecule is CC(=O)OCC=COc1ccccc1. The van der Waals surface area contributed by atoms with Gasteiger partial charge in [0.25, 0.3) is 0 Å². The standard InChI is InChI=1S/C11H12O3/c1-10(12)13-8-5-9-14-11-6-3-2-4-7-11/h2-7,9H,8H2,1H3. The van der Waals surface area contributed by atoms with Crippen LogP contribution in [0.15, 0.2) is 42.7 Å². The first-order chi connectivity index (χ1) is 6.79. The summed E-state index contributed by atoms with van der Waals surface area (Å²) >= 11 is 0. The lowest BCUT2D eigenvalue weighted by Gasteiger charge is -1.98. The predicted octanol–water partition coefficient (Wildman–Crippen LogP) is 2.14. The second-order valence-corrected chi connectivity index (χ2v) is 2.61. The Morgan fingerprint density at radius 3 is 2.71 bits per heavy atom. The molecule has 0 aromatic heterocycles. The van der Waals surface area contributed by atoms with E-state index in [2.05, 4.69) is 4.74 Å². The zero-order valence-electron chi connectivity index (χ0n) is 7.97. The third kappa shape index (κ3) is 4.30. The zero-order chi connectivity index (χ0) is 10.2. The monoisotopic (exact) mass is 192 g/mol. The Hall–Kier alpha value is -1.77. The van der Waals surface area contributed by atoms with E-state index in [-0.39, 0.29) is 12.6 Å². The van der Waals surface area contributed by atoms with Gasteiger partial charge in [-0.25, -0.2) is 0 Å². The number of hydrogen-bond acceptors (Lipinski definition) is 3. The van der Waals surface area contributed by atoms with Crippen LogP contribution in [0.2, 0.25) is 0 Å². The Labute approximate surface area is 83.0 Å². The molecule has 0 fully saturated rings. The van der Waals surface area contributed by atoms with Gasteiger partial charge in [-0.15, -0.1) is 0 Å². The average Bonchev–Trinajstić information content (AvgIpc) is 2.18. The first-order valence-electron chi connectivity index (χ1n) is 4.29. The van der Waals surface area contributed by atoms with Crippen LogP contribution in [0, 0.1) is 0 Å². The Bertz CT molecular complexity index is 304. The van der Waals surface area contributed by atoms with Gasteiger partial charge in [0, 0.05) is 6.92 Å². The van der Waals surface area contributed by atoms with Crippen molar-refractivity contribution in [3.05, 3.63) is 42.7 Å². The molecular weight excluding hydrogens is 180 g/mol. The van der Waals surface area contributed by atoms with Gasteiger partial charge in [-0.1, -0.05) is 18.2 Å². The van der Waals surface area contributed by atoms with Gasteiger partial charge in [-0.05, 0) is 18.2 Å². The Morgan fingerprint density at radius 1 is 1.36 bits per heavy atom. The molecule has 0 atom stereocenters. The molecule has 0 unspecified atom stereocenters. The van der Waals surface area contributed by atoms with Gasteiger partial charge >= 0.3 is 5.97 Å². The molecule has 74 valence electrons. The molecule has 3 heteroatoms. The van der Waals surface area contributed by atoms with Crippen LogP contribution in [0.1, 0.15) is 6.92 Å². The summed E-state index contributed by atoms with van der Waals surface area (Å²) in [5.74, 6) is 0.459. The minimum Gasteiger partial charge on any atom is -0.465 e. The number of rotatable bonds is 4. The fourth-order valence-electron chi connectivity index (χ4n) is 0.830. The highest BCUT2D eigenvalue weighted by Gasteiger charge is 1.88. The van der Waals surface area contributed by atoms with E-state index in [1.807, 2.05) is 30.3 Å². The zero-order valence-corrected chi connectivity index (χ0v) is 7.97. The molecule has 1 aromatic carbocycles. The molecule has 0 N–H and O–H groups in total. The van der Waals surface area contributed by atoms with Gasteiger partial charge in [-0.2, -0.15) is 0 Å². The molecule has 0 aliphatic rings. The van der Waals surface area contributed by atoms with E-state index in [1.54, 1.807) is 6.08 Å². The quantitative estimate of drug-likeness (QED) is 0.541. The van der Waals surface area contributed by atoms with Crippen LogP contribution in [-0.2, 0) is 9.53 Å². The molecular formula is C11H12O3. The van der Waals surface area contributed by atoms with E-state index in [9.17, 15) is 4.79 Å². The Morgan fingerprint density at radius 2 is 2.07 bits per heavy atom. The lowest BCUT2D eigenvalue weighted by molar-refractivity contribution is -0.139. The highest BCUT2D eigenvalue weighted by atomic mass is 16.5.